The van der Waals surface area contributed by atoms with Gasteiger partial charge in [0.25, 0.3) is 0 Å². The van der Waals surface area contributed by atoms with Gasteiger partial charge in [-0.15, -0.1) is 0 Å². The molecule has 11 heteroatoms. The lowest BCUT2D eigenvalue weighted by atomic mass is 9.91. The van der Waals surface area contributed by atoms with Gasteiger partial charge in [-0.25, -0.2) is 4.39 Å². The largest absolute Gasteiger partial charge is 0.416 e. The molecule has 3 rings (SSSR count). The third kappa shape index (κ3) is 7.47. The van der Waals surface area contributed by atoms with E-state index >= 15 is 0 Å². The van der Waals surface area contributed by atoms with E-state index in [4.69, 9.17) is 4.74 Å². The van der Waals surface area contributed by atoms with Crippen LogP contribution in [0.2, 0.25) is 0 Å². The van der Waals surface area contributed by atoms with Gasteiger partial charge in [0, 0.05) is 18.0 Å². The Morgan fingerprint density at radius 1 is 0.974 bits per heavy atom. The molecule has 3 unspecified atom stereocenters. The summed E-state index contributed by atoms with van der Waals surface area (Å²) < 4.78 is 100.0. The van der Waals surface area contributed by atoms with Crippen molar-refractivity contribution in [3.8, 4) is 0 Å². The lowest BCUT2D eigenvalue weighted by Crippen LogP contribution is -2.44. The lowest BCUT2D eigenvalue weighted by Gasteiger charge is -2.33. The zero-order valence-electron chi connectivity index (χ0n) is 21.5. The van der Waals surface area contributed by atoms with Crippen molar-refractivity contribution in [3.05, 3.63) is 70.5 Å². The molecule has 210 valence electrons. The average Bonchev–Trinajstić information content (AvgIpc) is 3.21. The van der Waals surface area contributed by atoms with Crippen molar-refractivity contribution < 1.29 is 40.3 Å². The van der Waals surface area contributed by atoms with Gasteiger partial charge < -0.3 is 10.1 Å². The van der Waals surface area contributed by atoms with Gasteiger partial charge in [0.1, 0.15) is 5.82 Å². The molecule has 0 radical (unpaired) electrons. The minimum absolute atomic E-state index is 0.0571. The normalized spacial score (nSPS) is 21.2. The molecule has 2 aromatic rings. The minimum atomic E-state index is -4.97. The van der Waals surface area contributed by atoms with Crippen LogP contribution in [0.25, 0.3) is 0 Å². The second-order valence-corrected chi connectivity index (χ2v) is 10.0. The number of alkyl halides is 6. The van der Waals surface area contributed by atoms with Crippen LogP contribution in [-0.2, 0) is 21.9 Å². The first-order valence-electron chi connectivity index (χ1n) is 12.3. The number of benzene rings is 2. The Hall–Kier alpha value is -2.66. The molecule has 1 fully saturated rings. The molecular weight excluding hydrogens is 517 g/mol. The predicted octanol–water partition coefficient (Wildman–Crippen LogP) is 6.71. The third-order valence-corrected chi connectivity index (χ3v) is 6.68. The van der Waals surface area contributed by atoms with Crippen LogP contribution < -0.4 is 5.32 Å². The van der Waals surface area contributed by atoms with E-state index in [0.717, 1.165) is 0 Å². The van der Waals surface area contributed by atoms with Crippen molar-refractivity contribution >= 4 is 5.91 Å². The number of amides is 1. The zero-order chi connectivity index (χ0) is 28.4. The first kappa shape index (κ1) is 29.9. The summed E-state index contributed by atoms with van der Waals surface area (Å²) in [5, 5.41) is 2.81. The van der Waals surface area contributed by atoms with Crippen LogP contribution in [0.5, 0.6) is 0 Å². The SMILES string of the molecule is CC(C)NC(=O)CN(C)C1CCC(O[C@H](C)c2cc(C(F)(F)F)cc(C(F)(F)F)c2)C1c1ccc(F)cc1. The van der Waals surface area contributed by atoms with E-state index in [1.807, 2.05) is 18.7 Å². The van der Waals surface area contributed by atoms with Crippen molar-refractivity contribution in [1.29, 1.82) is 0 Å². The molecular formula is C27H31F7N2O2. The summed E-state index contributed by atoms with van der Waals surface area (Å²) >= 11 is 0. The number of hydrogen-bond acceptors (Lipinski definition) is 3. The van der Waals surface area contributed by atoms with E-state index in [1.165, 1.54) is 19.1 Å². The van der Waals surface area contributed by atoms with Crippen LogP contribution in [0.15, 0.2) is 42.5 Å². The van der Waals surface area contributed by atoms with Crippen molar-refractivity contribution in [2.24, 2.45) is 0 Å². The second kappa shape index (κ2) is 11.6. The maximum Gasteiger partial charge on any atom is 0.416 e. The summed E-state index contributed by atoms with van der Waals surface area (Å²) in [5.41, 5.74) is -2.37. The Labute approximate surface area is 217 Å². The van der Waals surface area contributed by atoms with Crippen LogP contribution >= 0.6 is 0 Å². The van der Waals surface area contributed by atoms with E-state index < -0.39 is 47.4 Å². The van der Waals surface area contributed by atoms with Gasteiger partial charge in [-0.2, -0.15) is 26.3 Å². The fourth-order valence-electron chi connectivity index (χ4n) is 4.98. The molecule has 4 atom stereocenters. The first-order chi connectivity index (χ1) is 17.6. The molecule has 4 nitrogen and oxygen atoms in total. The molecule has 0 bridgehead atoms. The summed E-state index contributed by atoms with van der Waals surface area (Å²) in [4.78, 5) is 14.2. The Morgan fingerprint density at radius 3 is 2.03 bits per heavy atom. The van der Waals surface area contributed by atoms with Crippen molar-refractivity contribution in [1.82, 2.24) is 10.2 Å². The molecule has 2 aromatic carbocycles. The summed E-state index contributed by atoms with van der Waals surface area (Å²) in [6.45, 7) is 5.14. The Bertz CT molecular complexity index is 1070. The van der Waals surface area contributed by atoms with Crippen molar-refractivity contribution in [3.63, 3.8) is 0 Å². The Morgan fingerprint density at radius 2 is 1.53 bits per heavy atom. The molecule has 0 aliphatic heterocycles. The second-order valence-electron chi connectivity index (χ2n) is 10.0. The van der Waals surface area contributed by atoms with Gasteiger partial charge >= 0.3 is 12.4 Å². The fraction of sp³-hybridized carbons (Fsp3) is 0.519. The van der Waals surface area contributed by atoms with Gasteiger partial charge in [0.15, 0.2) is 0 Å². The van der Waals surface area contributed by atoms with E-state index in [0.29, 0.717) is 30.5 Å². The number of rotatable bonds is 8. The number of ether oxygens (including phenoxy) is 1. The topological polar surface area (TPSA) is 41.6 Å². The molecule has 1 N–H and O–H groups in total. The van der Waals surface area contributed by atoms with Crippen LogP contribution in [0.3, 0.4) is 0 Å². The standard InChI is InChI=1S/C27H31F7N2O2/c1-15(2)35-24(37)14-36(4)22-9-10-23(25(22)17-5-7-21(28)8-6-17)38-16(3)18-11-19(26(29,30)31)13-20(12-18)27(32,33)34/h5-8,11-13,15-16,22-23,25H,9-10,14H2,1-4H3,(H,35,37)/t16-,22?,23?,25?/m1/s1. The summed E-state index contributed by atoms with van der Waals surface area (Å²) in [6.07, 6.45) is -10.6. The number of hydrogen-bond donors (Lipinski definition) is 1. The highest BCUT2D eigenvalue weighted by molar-refractivity contribution is 5.78. The quantitative estimate of drug-likeness (QED) is 0.373. The number of carbonyl (C=O) groups excluding carboxylic acids is 1. The molecule has 0 spiro atoms. The van der Waals surface area contributed by atoms with Gasteiger partial charge in [0.2, 0.25) is 5.91 Å². The van der Waals surface area contributed by atoms with E-state index in [-0.39, 0.29) is 36.2 Å². The van der Waals surface area contributed by atoms with Crippen LogP contribution in [0.4, 0.5) is 30.7 Å². The van der Waals surface area contributed by atoms with Crippen LogP contribution in [0, 0.1) is 5.82 Å². The van der Waals surface area contributed by atoms with E-state index in [9.17, 15) is 35.5 Å². The van der Waals surface area contributed by atoms with E-state index in [2.05, 4.69) is 5.32 Å². The Balaban J connectivity index is 1.90. The maximum absolute atomic E-state index is 13.6. The molecule has 1 amide bonds. The molecule has 38 heavy (non-hydrogen) atoms. The number of halogens is 7. The summed E-state index contributed by atoms with van der Waals surface area (Å²) in [7, 11) is 1.76. The number of carbonyl (C=O) groups is 1. The monoisotopic (exact) mass is 548 g/mol. The van der Waals surface area contributed by atoms with Crippen LogP contribution in [-0.4, -0.2) is 42.6 Å². The molecule has 0 heterocycles. The summed E-state index contributed by atoms with van der Waals surface area (Å²) in [6, 6.07) is 6.84. The fourth-order valence-corrected chi connectivity index (χ4v) is 4.98. The highest BCUT2D eigenvalue weighted by atomic mass is 19.4. The van der Waals surface area contributed by atoms with Crippen molar-refractivity contribution in [2.45, 2.75) is 76.2 Å². The van der Waals surface area contributed by atoms with Gasteiger partial charge in [0.05, 0.1) is 29.9 Å². The molecule has 1 aliphatic carbocycles. The van der Waals surface area contributed by atoms with E-state index in [1.54, 1.807) is 19.2 Å². The first-order valence-corrected chi connectivity index (χ1v) is 12.3. The average molecular weight is 549 g/mol. The maximum atomic E-state index is 13.6. The number of nitrogens with zero attached hydrogens (tertiary/aromatic N) is 1. The third-order valence-electron chi connectivity index (χ3n) is 6.68. The smallest absolute Gasteiger partial charge is 0.370 e. The van der Waals surface area contributed by atoms with Crippen LogP contribution in [0.1, 0.15) is 67.9 Å². The summed E-state index contributed by atoms with van der Waals surface area (Å²) in [5.74, 6) is -1.05. The molecule has 1 saturated carbocycles. The minimum Gasteiger partial charge on any atom is -0.370 e. The van der Waals surface area contributed by atoms with Gasteiger partial charge in [-0.1, -0.05) is 12.1 Å². The van der Waals surface area contributed by atoms with Gasteiger partial charge in [-0.3, -0.25) is 9.69 Å². The number of nitrogens with one attached hydrogen (secondary N) is 1. The highest BCUT2D eigenvalue weighted by Gasteiger charge is 2.42. The number of likely N-dealkylation sites (N-methyl/N-ethyl adjacent to an activating group) is 1. The molecule has 0 saturated heterocycles. The zero-order valence-corrected chi connectivity index (χ0v) is 21.5. The highest BCUT2D eigenvalue weighted by Crippen LogP contribution is 2.43. The van der Waals surface area contributed by atoms with Gasteiger partial charge in [-0.05, 0) is 82.1 Å². The van der Waals surface area contributed by atoms with Crippen molar-refractivity contribution in [2.75, 3.05) is 13.6 Å². The predicted molar refractivity (Wildman–Crippen MR) is 128 cm³/mol. The molecule has 0 aromatic heterocycles. The Kier molecular flexibility index (Phi) is 9.13. The lowest BCUT2D eigenvalue weighted by molar-refractivity contribution is -0.143. The molecule has 1 aliphatic rings.